The molecule has 0 N–H and O–H groups in total. The summed E-state index contributed by atoms with van der Waals surface area (Å²) in [5, 5.41) is 12.5. The zero-order valence-corrected chi connectivity index (χ0v) is 9.94. The molecule has 6 heteroatoms. The quantitative estimate of drug-likeness (QED) is 0.618. The molecule has 0 atom stereocenters. The lowest BCUT2D eigenvalue weighted by Gasteiger charge is -2.07. The van der Waals surface area contributed by atoms with Gasteiger partial charge >= 0.3 is 0 Å². The first-order valence-corrected chi connectivity index (χ1v) is 5.86. The SMILES string of the molecule is Cc1cc([N+](=O)[O-])ccc1OCc1cscn1. The summed E-state index contributed by atoms with van der Waals surface area (Å²) in [6, 6.07) is 4.54. The zero-order chi connectivity index (χ0) is 12.3. The van der Waals surface area contributed by atoms with Crippen LogP contribution in [0.25, 0.3) is 0 Å². The average Bonchev–Trinajstić information content (AvgIpc) is 2.80. The van der Waals surface area contributed by atoms with Crippen molar-refractivity contribution in [3.8, 4) is 5.75 Å². The monoisotopic (exact) mass is 250 g/mol. The Morgan fingerprint density at radius 3 is 2.94 bits per heavy atom. The topological polar surface area (TPSA) is 65.3 Å². The summed E-state index contributed by atoms with van der Waals surface area (Å²) in [5.41, 5.74) is 3.41. The number of nitro benzene ring substituents is 1. The lowest BCUT2D eigenvalue weighted by molar-refractivity contribution is -0.384. The van der Waals surface area contributed by atoms with E-state index in [0.29, 0.717) is 12.4 Å². The van der Waals surface area contributed by atoms with Crippen LogP contribution < -0.4 is 4.74 Å². The van der Waals surface area contributed by atoms with Crippen molar-refractivity contribution in [1.29, 1.82) is 0 Å². The van der Waals surface area contributed by atoms with Crippen LogP contribution in [0, 0.1) is 17.0 Å². The molecule has 88 valence electrons. The number of rotatable bonds is 4. The summed E-state index contributed by atoms with van der Waals surface area (Å²) in [5.74, 6) is 0.642. The third kappa shape index (κ3) is 2.79. The van der Waals surface area contributed by atoms with Crippen LogP contribution in [0.2, 0.25) is 0 Å². The molecule has 0 saturated heterocycles. The van der Waals surface area contributed by atoms with Gasteiger partial charge in [-0.25, -0.2) is 4.98 Å². The Morgan fingerprint density at radius 1 is 1.53 bits per heavy atom. The van der Waals surface area contributed by atoms with Crippen LogP contribution in [0.4, 0.5) is 5.69 Å². The number of non-ortho nitro benzene ring substituents is 1. The number of aryl methyl sites for hydroxylation is 1. The number of thiazole rings is 1. The largest absolute Gasteiger partial charge is 0.487 e. The lowest BCUT2D eigenvalue weighted by atomic mass is 10.2. The summed E-state index contributed by atoms with van der Waals surface area (Å²) in [7, 11) is 0. The maximum Gasteiger partial charge on any atom is 0.269 e. The molecule has 0 radical (unpaired) electrons. The Hall–Kier alpha value is -1.95. The maximum absolute atomic E-state index is 10.6. The van der Waals surface area contributed by atoms with E-state index in [1.807, 2.05) is 5.38 Å². The highest BCUT2D eigenvalue weighted by Gasteiger charge is 2.09. The number of benzene rings is 1. The van der Waals surface area contributed by atoms with Crippen molar-refractivity contribution in [1.82, 2.24) is 4.98 Å². The highest BCUT2D eigenvalue weighted by Crippen LogP contribution is 2.23. The van der Waals surface area contributed by atoms with Gasteiger partial charge in [-0.3, -0.25) is 10.1 Å². The Balaban J connectivity index is 2.09. The number of hydrogen-bond acceptors (Lipinski definition) is 5. The van der Waals surface area contributed by atoms with Crippen LogP contribution in [0.5, 0.6) is 5.75 Å². The van der Waals surface area contributed by atoms with Gasteiger partial charge in [0.25, 0.3) is 5.69 Å². The smallest absolute Gasteiger partial charge is 0.269 e. The van der Waals surface area contributed by atoms with E-state index >= 15 is 0 Å². The minimum atomic E-state index is -0.419. The molecule has 1 aromatic carbocycles. The number of nitrogens with zero attached hydrogens (tertiary/aromatic N) is 2. The van der Waals surface area contributed by atoms with Gasteiger partial charge in [0.1, 0.15) is 12.4 Å². The van der Waals surface area contributed by atoms with Crippen LogP contribution >= 0.6 is 11.3 Å². The molecular formula is C11H10N2O3S. The molecule has 0 aliphatic rings. The molecule has 1 heterocycles. The second kappa shape index (κ2) is 4.92. The van der Waals surface area contributed by atoms with Crippen molar-refractivity contribution in [3.05, 3.63) is 50.5 Å². The molecule has 17 heavy (non-hydrogen) atoms. The lowest BCUT2D eigenvalue weighted by Crippen LogP contribution is -1.98. The van der Waals surface area contributed by atoms with Crippen LogP contribution in [0.3, 0.4) is 0 Å². The number of aromatic nitrogens is 1. The summed E-state index contributed by atoms with van der Waals surface area (Å²) in [6.45, 7) is 2.16. The molecule has 0 spiro atoms. The molecule has 2 aromatic rings. The Labute approximate surface area is 102 Å². The fraction of sp³-hybridized carbons (Fsp3) is 0.182. The molecule has 0 amide bonds. The van der Waals surface area contributed by atoms with E-state index in [4.69, 9.17) is 4.74 Å². The minimum Gasteiger partial charge on any atom is -0.487 e. The van der Waals surface area contributed by atoms with Gasteiger partial charge in [0.05, 0.1) is 16.1 Å². The predicted molar refractivity (Wildman–Crippen MR) is 64.3 cm³/mol. The summed E-state index contributed by atoms with van der Waals surface area (Å²) in [4.78, 5) is 14.2. The van der Waals surface area contributed by atoms with Gasteiger partial charge < -0.3 is 4.74 Å². The molecule has 0 aliphatic heterocycles. The molecule has 0 saturated carbocycles. The van der Waals surface area contributed by atoms with E-state index in [1.165, 1.54) is 23.5 Å². The first kappa shape index (κ1) is 11.5. The molecule has 0 fully saturated rings. The first-order chi connectivity index (χ1) is 8.16. The van der Waals surface area contributed by atoms with E-state index in [9.17, 15) is 10.1 Å². The van der Waals surface area contributed by atoms with E-state index in [0.717, 1.165) is 11.3 Å². The van der Waals surface area contributed by atoms with Gasteiger partial charge in [0.2, 0.25) is 0 Å². The van der Waals surface area contributed by atoms with Crippen LogP contribution in [0.1, 0.15) is 11.3 Å². The third-order valence-electron chi connectivity index (χ3n) is 2.23. The van der Waals surface area contributed by atoms with Gasteiger partial charge in [-0.2, -0.15) is 0 Å². The van der Waals surface area contributed by atoms with E-state index in [1.54, 1.807) is 18.5 Å². The molecule has 1 aromatic heterocycles. The third-order valence-corrected chi connectivity index (χ3v) is 2.86. The molecular weight excluding hydrogens is 240 g/mol. The molecule has 0 bridgehead atoms. The fourth-order valence-corrected chi connectivity index (χ4v) is 1.91. The molecule has 0 aliphatic carbocycles. The maximum atomic E-state index is 10.6. The van der Waals surface area contributed by atoms with Gasteiger partial charge in [-0.1, -0.05) is 0 Å². The second-order valence-electron chi connectivity index (χ2n) is 3.48. The van der Waals surface area contributed by atoms with Crippen LogP contribution in [-0.2, 0) is 6.61 Å². The molecule has 5 nitrogen and oxygen atoms in total. The summed E-state index contributed by atoms with van der Waals surface area (Å²) < 4.78 is 5.54. The predicted octanol–water partition coefficient (Wildman–Crippen LogP) is 2.94. The second-order valence-corrected chi connectivity index (χ2v) is 4.19. The molecule has 2 rings (SSSR count). The molecule has 0 unspecified atom stereocenters. The minimum absolute atomic E-state index is 0.0727. The zero-order valence-electron chi connectivity index (χ0n) is 9.12. The van der Waals surface area contributed by atoms with Crippen LogP contribution in [-0.4, -0.2) is 9.91 Å². The van der Waals surface area contributed by atoms with Crippen molar-refractivity contribution >= 4 is 17.0 Å². The summed E-state index contributed by atoms with van der Waals surface area (Å²) in [6.07, 6.45) is 0. The van der Waals surface area contributed by atoms with Gasteiger partial charge in [-0.15, -0.1) is 11.3 Å². The standard InChI is InChI=1S/C11H10N2O3S/c1-8-4-10(13(14)15)2-3-11(8)16-5-9-6-17-7-12-9/h2-4,6-7H,5H2,1H3. The fourth-order valence-electron chi connectivity index (χ4n) is 1.37. The van der Waals surface area contributed by atoms with Crippen molar-refractivity contribution in [2.75, 3.05) is 0 Å². The van der Waals surface area contributed by atoms with Gasteiger partial charge in [0.15, 0.2) is 0 Å². The van der Waals surface area contributed by atoms with Gasteiger partial charge in [-0.05, 0) is 18.6 Å². The Morgan fingerprint density at radius 2 is 2.35 bits per heavy atom. The summed E-state index contributed by atoms with van der Waals surface area (Å²) >= 11 is 1.50. The average molecular weight is 250 g/mol. The van der Waals surface area contributed by atoms with E-state index < -0.39 is 4.92 Å². The highest BCUT2D eigenvalue weighted by atomic mass is 32.1. The normalized spacial score (nSPS) is 10.2. The number of nitro groups is 1. The van der Waals surface area contributed by atoms with Crippen molar-refractivity contribution in [2.45, 2.75) is 13.5 Å². The van der Waals surface area contributed by atoms with Crippen molar-refractivity contribution < 1.29 is 9.66 Å². The van der Waals surface area contributed by atoms with Gasteiger partial charge in [0, 0.05) is 17.5 Å². The van der Waals surface area contributed by atoms with Crippen molar-refractivity contribution in [3.63, 3.8) is 0 Å². The first-order valence-electron chi connectivity index (χ1n) is 4.92. The van der Waals surface area contributed by atoms with Crippen molar-refractivity contribution in [2.24, 2.45) is 0 Å². The Bertz CT molecular complexity index is 526. The highest BCUT2D eigenvalue weighted by molar-refractivity contribution is 7.07. The Kier molecular flexibility index (Phi) is 3.34. The number of ether oxygens (including phenoxy) is 1. The van der Waals surface area contributed by atoms with E-state index in [-0.39, 0.29) is 5.69 Å². The van der Waals surface area contributed by atoms with Crippen LogP contribution in [0.15, 0.2) is 29.1 Å². The number of hydrogen-bond donors (Lipinski definition) is 0. The van der Waals surface area contributed by atoms with E-state index in [2.05, 4.69) is 4.98 Å².